The van der Waals surface area contributed by atoms with Crippen molar-refractivity contribution in [3.05, 3.63) is 20.7 Å². The Hall–Kier alpha value is 0.567. The summed E-state index contributed by atoms with van der Waals surface area (Å²) in [5.74, 6) is 0. The Kier molecular flexibility index (Phi) is 2.51. The van der Waals surface area contributed by atoms with Crippen LogP contribution in [0.25, 0.3) is 0 Å². The molecular weight excluding hydrogens is 239 g/mol. The molecule has 0 N–H and O–H groups in total. The Balaban J connectivity index is 2.91. The van der Waals surface area contributed by atoms with Crippen molar-refractivity contribution in [1.82, 2.24) is 0 Å². The quantitative estimate of drug-likeness (QED) is 0.625. The van der Waals surface area contributed by atoms with Crippen LogP contribution in [-0.4, -0.2) is 32.4 Å². The molecule has 0 spiro atoms. The van der Waals surface area contributed by atoms with Gasteiger partial charge in [0.2, 0.25) is 0 Å². The molecule has 0 bridgehead atoms. The van der Waals surface area contributed by atoms with E-state index in [9.17, 15) is 0 Å². The molecule has 1 rings (SSSR count). The van der Waals surface area contributed by atoms with Crippen molar-refractivity contribution in [3.63, 3.8) is 0 Å². The third-order valence-electron chi connectivity index (χ3n) is 1.98. The van der Waals surface area contributed by atoms with E-state index < -0.39 is 8.07 Å². The van der Waals surface area contributed by atoms with Crippen molar-refractivity contribution in [2.45, 2.75) is 26.1 Å². The van der Waals surface area contributed by atoms with Crippen LogP contribution in [0.5, 0.6) is 0 Å². The Morgan fingerprint density at radius 1 is 1.40 bits per heavy atom. The molecule has 0 saturated heterocycles. The molecule has 0 saturated carbocycles. The van der Waals surface area contributed by atoms with Crippen molar-refractivity contribution >= 4 is 32.4 Å². The summed E-state index contributed by atoms with van der Waals surface area (Å²) in [6.45, 7) is 7.31. The van der Waals surface area contributed by atoms with E-state index in [0.717, 1.165) is 24.4 Å². The summed E-state index contributed by atoms with van der Waals surface area (Å²) in [7, 11) is -0.942. The number of hydrogen-bond acceptors (Lipinski definition) is 0. The molecule has 0 heterocycles. The van der Waals surface area contributed by atoms with Crippen molar-refractivity contribution < 1.29 is 0 Å². The van der Waals surface area contributed by atoms with Gasteiger partial charge in [0.25, 0.3) is 0 Å². The maximum absolute atomic E-state index is 2.44. The van der Waals surface area contributed by atoms with Crippen molar-refractivity contribution in [1.29, 1.82) is 0 Å². The van der Waals surface area contributed by atoms with Crippen molar-refractivity contribution in [2.75, 3.05) is 0 Å². The van der Waals surface area contributed by atoms with E-state index in [1.807, 2.05) is 0 Å². The SMILES string of the molecule is C[Si](C)(C)C1=[C]([InH2])CC=C1. The molecule has 54 valence electrons. The van der Waals surface area contributed by atoms with Gasteiger partial charge < -0.3 is 0 Å². The Morgan fingerprint density at radius 2 is 2.00 bits per heavy atom. The van der Waals surface area contributed by atoms with Crippen LogP contribution < -0.4 is 0 Å². The average Bonchev–Trinajstić information content (AvgIpc) is 2.11. The van der Waals surface area contributed by atoms with Gasteiger partial charge in [-0.3, -0.25) is 0 Å². The van der Waals surface area contributed by atoms with Gasteiger partial charge >= 0.3 is 79.2 Å². The van der Waals surface area contributed by atoms with Gasteiger partial charge in [-0.2, -0.15) is 0 Å². The molecule has 0 aromatic rings. The van der Waals surface area contributed by atoms with E-state index in [1.54, 1.807) is 8.53 Å². The molecule has 0 fully saturated rings. The summed E-state index contributed by atoms with van der Waals surface area (Å²) < 4.78 is 1.81. The van der Waals surface area contributed by atoms with Gasteiger partial charge in [0, 0.05) is 0 Å². The fourth-order valence-electron chi connectivity index (χ4n) is 1.50. The van der Waals surface area contributed by atoms with Gasteiger partial charge in [0.1, 0.15) is 0 Å². The Bertz CT molecular complexity index is 196. The van der Waals surface area contributed by atoms with Gasteiger partial charge in [-0.1, -0.05) is 0 Å². The number of hydrogen-bond donors (Lipinski definition) is 0. The average molecular weight is 254 g/mol. The fraction of sp³-hybridized carbons (Fsp3) is 0.500. The number of rotatable bonds is 1. The minimum absolute atomic E-state index is 0.763. The monoisotopic (exact) mass is 254 g/mol. The molecule has 1 aliphatic rings. The van der Waals surface area contributed by atoms with Crippen LogP contribution in [-0.2, 0) is 0 Å². The van der Waals surface area contributed by atoms with Crippen LogP contribution in [0.2, 0.25) is 19.6 Å². The number of allylic oxidation sites excluding steroid dienone is 4. The van der Waals surface area contributed by atoms with Crippen LogP contribution >= 0.6 is 0 Å². The second-order valence-electron chi connectivity index (χ2n) is 4.05. The van der Waals surface area contributed by atoms with Crippen molar-refractivity contribution in [2.24, 2.45) is 0 Å². The summed E-state index contributed by atoms with van der Waals surface area (Å²) in [6, 6.07) is 0. The Labute approximate surface area is 79.0 Å². The molecule has 0 aliphatic heterocycles. The van der Waals surface area contributed by atoms with Crippen LogP contribution in [0.1, 0.15) is 6.42 Å². The van der Waals surface area contributed by atoms with Gasteiger partial charge in [-0.15, -0.1) is 0 Å². The first-order valence-corrected chi connectivity index (χ1v) is 10.2. The predicted octanol–water partition coefficient (Wildman–Crippen LogP) is 1.71. The third kappa shape index (κ3) is 1.79. The molecule has 0 amide bonds. The zero-order chi connectivity index (χ0) is 7.78. The van der Waals surface area contributed by atoms with E-state index in [0.29, 0.717) is 0 Å². The summed E-state index contributed by atoms with van der Waals surface area (Å²) in [5.41, 5.74) is 0. The maximum atomic E-state index is 2.44. The van der Waals surface area contributed by atoms with Crippen molar-refractivity contribution in [3.8, 4) is 0 Å². The molecule has 2 heteroatoms. The second-order valence-corrected chi connectivity index (χ2v) is 12.5. The minimum atomic E-state index is -0.942. The first-order chi connectivity index (χ1) is 4.52. The molecule has 0 aromatic carbocycles. The normalized spacial score (nSPS) is 18.7. The van der Waals surface area contributed by atoms with Crippen LogP contribution in [0.15, 0.2) is 20.7 Å². The van der Waals surface area contributed by atoms with Gasteiger partial charge in [0.15, 0.2) is 0 Å². The van der Waals surface area contributed by atoms with Gasteiger partial charge in [-0.05, 0) is 0 Å². The zero-order valence-electron chi connectivity index (χ0n) is 7.36. The molecule has 0 atom stereocenters. The Morgan fingerprint density at radius 3 is 2.20 bits per heavy atom. The van der Waals surface area contributed by atoms with Gasteiger partial charge in [0.05, 0.1) is 0 Å². The summed E-state index contributed by atoms with van der Waals surface area (Å²) in [4.78, 5) is 0. The van der Waals surface area contributed by atoms with E-state index in [1.165, 1.54) is 6.42 Å². The first kappa shape index (κ1) is 8.66. The molecule has 10 heavy (non-hydrogen) atoms. The summed E-state index contributed by atoms with van der Waals surface area (Å²) >= 11 is 0.763. The molecule has 0 unspecified atom stereocenters. The molecule has 0 radical (unpaired) electrons. The van der Waals surface area contributed by atoms with Crippen LogP contribution in [0.4, 0.5) is 0 Å². The fourth-order valence-corrected chi connectivity index (χ4v) is 11.1. The molecule has 0 nitrogen and oxygen atoms in total. The zero-order valence-corrected chi connectivity index (χ0v) is 14.1. The van der Waals surface area contributed by atoms with E-state index in [2.05, 4.69) is 31.8 Å². The van der Waals surface area contributed by atoms with E-state index in [4.69, 9.17) is 0 Å². The van der Waals surface area contributed by atoms with Crippen LogP contribution in [0.3, 0.4) is 0 Å². The molecule has 0 aromatic heterocycles. The van der Waals surface area contributed by atoms with E-state index >= 15 is 0 Å². The van der Waals surface area contributed by atoms with E-state index in [-0.39, 0.29) is 0 Å². The standard InChI is InChI=1S/C8H13Si.In.2H/c1-9(2,3)8-6-4-5-7-8;;;/h4,6H,5H2,1-3H3;;;. The summed E-state index contributed by atoms with van der Waals surface area (Å²) in [5, 5.41) is 1.75. The summed E-state index contributed by atoms with van der Waals surface area (Å²) in [6.07, 6.45) is 5.99. The third-order valence-corrected chi connectivity index (χ3v) is 8.32. The topological polar surface area (TPSA) is 0 Å². The second kappa shape index (κ2) is 2.90. The predicted molar refractivity (Wildman–Crippen MR) is 52.7 cm³/mol. The molecular formula is C8H15InSi. The van der Waals surface area contributed by atoms with Crippen LogP contribution in [0, 0.1) is 0 Å². The molecule has 1 aliphatic carbocycles. The van der Waals surface area contributed by atoms with Gasteiger partial charge in [-0.25, -0.2) is 0 Å². The first-order valence-electron chi connectivity index (χ1n) is 3.88.